The number of nitrogens with two attached hydrogens (primary N) is 1. The minimum atomic E-state index is 0.117. The van der Waals surface area contributed by atoms with Gasteiger partial charge >= 0.3 is 0 Å². The molecule has 2 nitrogen and oxygen atoms in total. The topological polar surface area (TPSA) is 43.1 Å². The van der Waals surface area contributed by atoms with E-state index in [0.717, 1.165) is 30.5 Å². The summed E-state index contributed by atoms with van der Waals surface area (Å²) in [6.07, 6.45) is 2.59. The van der Waals surface area contributed by atoms with Crippen molar-refractivity contribution in [1.29, 1.82) is 0 Å². The maximum Gasteiger partial charge on any atom is 0.157 e. The number of Topliss-reactive ketones (excluding diaryl/α,β-unsaturated/α-hetero) is 1. The second kappa shape index (κ2) is 5.18. The van der Waals surface area contributed by atoms with E-state index in [-0.39, 0.29) is 11.2 Å². The monoisotopic (exact) mass is 197 g/mol. The quantitative estimate of drug-likeness (QED) is 0.704. The summed E-state index contributed by atoms with van der Waals surface area (Å²) < 4.78 is 0. The van der Waals surface area contributed by atoms with E-state index in [9.17, 15) is 4.79 Å². The largest absolute Gasteiger partial charge is 0.402 e. The second-order valence-corrected chi connectivity index (χ2v) is 5.05. The van der Waals surface area contributed by atoms with Gasteiger partial charge in [0.2, 0.25) is 0 Å². The first-order valence-corrected chi connectivity index (χ1v) is 5.26. The van der Waals surface area contributed by atoms with Gasteiger partial charge in [-0.25, -0.2) is 0 Å². The first-order chi connectivity index (χ1) is 6.28. The normalized spacial score (nSPS) is 13.8. The first-order valence-electron chi connectivity index (χ1n) is 5.26. The van der Waals surface area contributed by atoms with Crippen molar-refractivity contribution in [2.24, 2.45) is 11.1 Å². The Morgan fingerprint density at radius 1 is 1.29 bits per heavy atom. The molecule has 82 valence electrons. The summed E-state index contributed by atoms with van der Waals surface area (Å²) in [6.45, 7) is 10.0. The van der Waals surface area contributed by atoms with E-state index in [0.29, 0.717) is 0 Å². The lowest BCUT2D eigenvalue weighted by molar-refractivity contribution is -0.114. The zero-order chi connectivity index (χ0) is 11.4. The molecule has 0 aromatic carbocycles. The van der Waals surface area contributed by atoms with Crippen LogP contribution in [0, 0.1) is 5.41 Å². The molecule has 0 aliphatic rings. The van der Waals surface area contributed by atoms with Crippen LogP contribution in [-0.2, 0) is 4.79 Å². The lowest BCUT2D eigenvalue weighted by atomic mass is 9.85. The van der Waals surface area contributed by atoms with Gasteiger partial charge in [0.05, 0.1) is 0 Å². The van der Waals surface area contributed by atoms with Gasteiger partial charge < -0.3 is 5.73 Å². The number of hydrogen-bond donors (Lipinski definition) is 1. The molecule has 2 heteroatoms. The Kier molecular flexibility index (Phi) is 4.89. The molecule has 0 saturated heterocycles. The van der Waals surface area contributed by atoms with Crippen molar-refractivity contribution in [3.05, 3.63) is 11.3 Å². The van der Waals surface area contributed by atoms with Gasteiger partial charge in [-0.3, -0.25) is 4.79 Å². The maximum absolute atomic E-state index is 11.4. The van der Waals surface area contributed by atoms with Gasteiger partial charge in [-0.1, -0.05) is 34.1 Å². The van der Waals surface area contributed by atoms with Crippen molar-refractivity contribution >= 4 is 5.78 Å². The molecule has 2 N–H and O–H groups in total. The summed E-state index contributed by atoms with van der Waals surface area (Å²) >= 11 is 0. The molecular formula is C12H23NO. The van der Waals surface area contributed by atoms with Crippen molar-refractivity contribution in [1.82, 2.24) is 0 Å². The van der Waals surface area contributed by atoms with Crippen molar-refractivity contribution in [3.8, 4) is 0 Å². The smallest absolute Gasteiger partial charge is 0.157 e. The molecule has 0 fully saturated rings. The van der Waals surface area contributed by atoms with Crippen molar-refractivity contribution < 1.29 is 4.79 Å². The van der Waals surface area contributed by atoms with Crippen LogP contribution in [0.25, 0.3) is 0 Å². The second-order valence-electron chi connectivity index (χ2n) is 5.05. The molecule has 0 amide bonds. The Hall–Kier alpha value is -0.790. The molecule has 0 rings (SSSR count). The molecule has 0 bridgehead atoms. The van der Waals surface area contributed by atoms with Gasteiger partial charge in [0.1, 0.15) is 0 Å². The van der Waals surface area contributed by atoms with Crippen LogP contribution in [0.15, 0.2) is 11.3 Å². The minimum Gasteiger partial charge on any atom is -0.402 e. The zero-order valence-corrected chi connectivity index (χ0v) is 10.1. The summed E-state index contributed by atoms with van der Waals surface area (Å²) in [7, 11) is 0. The number of hydrogen-bond acceptors (Lipinski definition) is 2. The van der Waals surface area contributed by atoms with E-state index in [1.807, 2.05) is 0 Å². The highest BCUT2D eigenvalue weighted by molar-refractivity contribution is 5.93. The Morgan fingerprint density at radius 3 is 2.07 bits per heavy atom. The van der Waals surface area contributed by atoms with Crippen molar-refractivity contribution in [2.45, 2.75) is 53.9 Å². The fraction of sp³-hybridized carbons (Fsp3) is 0.750. The van der Waals surface area contributed by atoms with Gasteiger partial charge in [-0.2, -0.15) is 0 Å². The minimum absolute atomic E-state index is 0.117. The number of ketones is 1. The molecule has 0 heterocycles. The fourth-order valence-electron chi connectivity index (χ4n) is 1.41. The number of allylic oxidation sites excluding steroid dienone is 2. The van der Waals surface area contributed by atoms with Crippen LogP contribution in [0.1, 0.15) is 53.9 Å². The van der Waals surface area contributed by atoms with Crippen molar-refractivity contribution in [3.63, 3.8) is 0 Å². The third-order valence-corrected chi connectivity index (χ3v) is 2.04. The molecule has 0 aromatic heterocycles. The maximum atomic E-state index is 11.4. The Labute approximate surface area is 87.6 Å². The number of rotatable bonds is 4. The van der Waals surface area contributed by atoms with E-state index in [2.05, 4.69) is 27.7 Å². The highest BCUT2D eigenvalue weighted by atomic mass is 16.1. The lowest BCUT2D eigenvalue weighted by Crippen LogP contribution is -2.15. The van der Waals surface area contributed by atoms with E-state index >= 15 is 0 Å². The molecule has 0 aromatic rings. The predicted molar refractivity (Wildman–Crippen MR) is 60.9 cm³/mol. The van der Waals surface area contributed by atoms with Crippen LogP contribution in [0.4, 0.5) is 0 Å². The fourth-order valence-corrected chi connectivity index (χ4v) is 1.41. The van der Waals surface area contributed by atoms with Crippen LogP contribution in [0.3, 0.4) is 0 Å². The molecular weight excluding hydrogens is 174 g/mol. The number of carbonyl (C=O) groups excluding carboxylic acids is 1. The van der Waals surface area contributed by atoms with Gasteiger partial charge in [-0.15, -0.1) is 0 Å². The third kappa shape index (κ3) is 5.05. The Balaban J connectivity index is 4.77. The molecule has 0 aliphatic heterocycles. The summed E-state index contributed by atoms with van der Waals surface area (Å²) in [4.78, 5) is 11.4. The standard InChI is InChI=1S/C12H23NO/c1-6-7-11(13)10(9(2)14)8-12(3,4)5/h6-8,13H2,1-5H3. The zero-order valence-electron chi connectivity index (χ0n) is 10.1. The van der Waals surface area contributed by atoms with E-state index in [1.165, 1.54) is 0 Å². The van der Waals surface area contributed by atoms with Gasteiger partial charge in [0.15, 0.2) is 5.78 Å². The third-order valence-electron chi connectivity index (χ3n) is 2.04. The summed E-state index contributed by atoms with van der Waals surface area (Å²) in [5, 5.41) is 0. The van der Waals surface area contributed by atoms with E-state index in [1.54, 1.807) is 6.92 Å². The summed E-state index contributed by atoms with van der Waals surface area (Å²) in [5.74, 6) is 0.117. The first kappa shape index (κ1) is 13.2. The van der Waals surface area contributed by atoms with E-state index in [4.69, 9.17) is 5.73 Å². The molecule has 0 unspecified atom stereocenters. The molecule has 0 saturated carbocycles. The Morgan fingerprint density at radius 2 is 1.79 bits per heavy atom. The average Bonchev–Trinajstić information content (AvgIpc) is 1.98. The van der Waals surface area contributed by atoms with Crippen LogP contribution >= 0.6 is 0 Å². The molecule has 0 aliphatic carbocycles. The molecule has 14 heavy (non-hydrogen) atoms. The number of carbonyl (C=O) groups is 1. The van der Waals surface area contributed by atoms with Crippen LogP contribution in [0.2, 0.25) is 0 Å². The van der Waals surface area contributed by atoms with Crippen LogP contribution < -0.4 is 5.73 Å². The average molecular weight is 197 g/mol. The van der Waals surface area contributed by atoms with Gasteiger partial charge in [-0.05, 0) is 25.2 Å². The highest BCUT2D eigenvalue weighted by Gasteiger charge is 2.18. The van der Waals surface area contributed by atoms with Crippen LogP contribution in [0.5, 0.6) is 0 Å². The van der Waals surface area contributed by atoms with Crippen molar-refractivity contribution in [2.75, 3.05) is 0 Å². The SMILES string of the molecule is CCCC(N)=C(CC(C)(C)C)C(C)=O. The molecule has 0 radical (unpaired) electrons. The van der Waals surface area contributed by atoms with E-state index < -0.39 is 0 Å². The summed E-state index contributed by atoms with van der Waals surface area (Å²) in [5.41, 5.74) is 7.61. The Bertz CT molecular complexity index is 233. The summed E-state index contributed by atoms with van der Waals surface area (Å²) in [6, 6.07) is 0. The highest BCUT2D eigenvalue weighted by Crippen LogP contribution is 2.26. The predicted octanol–water partition coefficient (Wildman–Crippen LogP) is 3.02. The van der Waals surface area contributed by atoms with Crippen LogP contribution in [-0.4, -0.2) is 5.78 Å². The lowest BCUT2D eigenvalue weighted by Gasteiger charge is -2.20. The molecule has 0 spiro atoms. The van der Waals surface area contributed by atoms with Gasteiger partial charge in [0, 0.05) is 11.3 Å². The molecule has 0 atom stereocenters. The van der Waals surface area contributed by atoms with Gasteiger partial charge in [0.25, 0.3) is 0 Å².